The lowest BCUT2D eigenvalue weighted by Crippen LogP contribution is -2.41. The molecule has 0 spiro atoms. The van der Waals surface area contributed by atoms with Crippen molar-refractivity contribution in [2.75, 3.05) is 33.2 Å². The second-order valence-electron chi connectivity index (χ2n) is 5.25. The number of amides is 2. The summed E-state index contributed by atoms with van der Waals surface area (Å²) in [6.07, 6.45) is 1.63. The predicted octanol–water partition coefficient (Wildman–Crippen LogP) is 1.46. The minimum absolute atomic E-state index is 0.0592. The Morgan fingerprint density at radius 2 is 1.77 bits per heavy atom. The van der Waals surface area contributed by atoms with Gasteiger partial charge < -0.3 is 10.6 Å². The maximum Gasteiger partial charge on any atom is 0.234 e. The van der Waals surface area contributed by atoms with Crippen molar-refractivity contribution in [1.82, 2.24) is 15.5 Å². The Balaban J connectivity index is 2.21. The molecule has 0 aliphatic rings. The van der Waals surface area contributed by atoms with Crippen LogP contribution in [0.4, 0.5) is 0 Å². The summed E-state index contributed by atoms with van der Waals surface area (Å²) in [4.78, 5) is 25.0. The highest BCUT2D eigenvalue weighted by Gasteiger charge is 2.09. The van der Waals surface area contributed by atoms with Crippen LogP contribution < -0.4 is 10.6 Å². The van der Waals surface area contributed by atoms with Gasteiger partial charge in [0.1, 0.15) is 0 Å². The van der Waals surface area contributed by atoms with Gasteiger partial charge in [0.05, 0.1) is 13.1 Å². The molecule has 0 aliphatic carbocycles. The van der Waals surface area contributed by atoms with E-state index in [-0.39, 0.29) is 24.9 Å². The van der Waals surface area contributed by atoms with Crippen molar-refractivity contribution in [3.63, 3.8) is 0 Å². The zero-order chi connectivity index (χ0) is 16.4. The molecule has 0 fully saturated rings. The van der Waals surface area contributed by atoms with E-state index in [0.717, 1.165) is 18.4 Å². The largest absolute Gasteiger partial charge is 0.355 e. The smallest absolute Gasteiger partial charge is 0.234 e. The number of rotatable bonds is 9. The van der Waals surface area contributed by atoms with Crippen LogP contribution in [0.25, 0.3) is 0 Å². The number of hydrogen-bond donors (Lipinski definition) is 2. The molecule has 122 valence electrons. The van der Waals surface area contributed by atoms with Crippen molar-refractivity contribution in [2.45, 2.75) is 19.8 Å². The first-order valence-corrected chi connectivity index (χ1v) is 7.85. The van der Waals surface area contributed by atoms with Crippen LogP contribution in [0.15, 0.2) is 24.3 Å². The van der Waals surface area contributed by atoms with Crippen molar-refractivity contribution < 1.29 is 9.59 Å². The van der Waals surface area contributed by atoms with E-state index >= 15 is 0 Å². The number of halogens is 1. The van der Waals surface area contributed by atoms with E-state index in [1.165, 1.54) is 0 Å². The highest BCUT2D eigenvalue weighted by molar-refractivity contribution is 6.30. The Morgan fingerprint density at radius 1 is 1.14 bits per heavy atom. The fraction of sp³-hybridized carbons (Fsp3) is 0.500. The normalized spacial score (nSPS) is 10.5. The SMILES string of the molecule is CCCNC(=O)CN(C)CC(=O)NCCc1cccc(Cl)c1. The molecule has 0 atom stereocenters. The molecule has 0 aromatic heterocycles. The van der Waals surface area contributed by atoms with Gasteiger partial charge in [0.2, 0.25) is 11.8 Å². The Bertz CT molecular complexity index is 494. The summed E-state index contributed by atoms with van der Waals surface area (Å²) in [7, 11) is 1.75. The zero-order valence-corrected chi connectivity index (χ0v) is 13.9. The average molecular weight is 326 g/mol. The lowest BCUT2D eigenvalue weighted by molar-refractivity contribution is -0.124. The third-order valence-corrected chi connectivity index (χ3v) is 3.26. The topological polar surface area (TPSA) is 61.4 Å². The molecule has 0 saturated carbocycles. The number of likely N-dealkylation sites (N-methyl/N-ethyl adjacent to an activating group) is 1. The molecule has 2 N–H and O–H groups in total. The third-order valence-electron chi connectivity index (χ3n) is 3.02. The monoisotopic (exact) mass is 325 g/mol. The van der Waals surface area contributed by atoms with Crippen LogP contribution in [0.3, 0.4) is 0 Å². The minimum Gasteiger partial charge on any atom is -0.355 e. The molecule has 22 heavy (non-hydrogen) atoms. The van der Waals surface area contributed by atoms with E-state index < -0.39 is 0 Å². The number of hydrogen-bond acceptors (Lipinski definition) is 3. The van der Waals surface area contributed by atoms with Crippen molar-refractivity contribution in [2.24, 2.45) is 0 Å². The molecular formula is C16H24ClN3O2. The zero-order valence-electron chi connectivity index (χ0n) is 13.2. The molecule has 0 saturated heterocycles. The molecule has 1 rings (SSSR count). The second kappa shape index (κ2) is 10.2. The standard InChI is InChI=1S/C16H24ClN3O2/c1-3-8-18-15(21)11-20(2)12-16(22)19-9-7-13-5-4-6-14(17)10-13/h4-6,10H,3,7-9,11-12H2,1-2H3,(H,18,21)(H,19,22). The summed E-state index contributed by atoms with van der Waals surface area (Å²) in [5.41, 5.74) is 1.08. The molecule has 0 radical (unpaired) electrons. The third kappa shape index (κ3) is 8.00. The van der Waals surface area contributed by atoms with Gasteiger partial charge in [0.15, 0.2) is 0 Å². The molecule has 1 aromatic rings. The van der Waals surface area contributed by atoms with Crippen LogP contribution in [-0.2, 0) is 16.0 Å². The van der Waals surface area contributed by atoms with E-state index in [9.17, 15) is 9.59 Å². The van der Waals surface area contributed by atoms with Gasteiger partial charge >= 0.3 is 0 Å². The summed E-state index contributed by atoms with van der Waals surface area (Å²) in [6, 6.07) is 7.57. The van der Waals surface area contributed by atoms with Crippen molar-refractivity contribution in [1.29, 1.82) is 0 Å². The minimum atomic E-state index is -0.0900. The lowest BCUT2D eigenvalue weighted by Gasteiger charge is -2.15. The molecule has 0 bridgehead atoms. The summed E-state index contributed by atoms with van der Waals surface area (Å²) >= 11 is 5.91. The van der Waals surface area contributed by atoms with E-state index in [1.807, 2.05) is 31.2 Å². The number of carbonyl (C=O) groups is 2. The van der Waals surface area contributed by atoms with Crippen LogP contribution in [0.1, 0.15) is 18.9 Å². The molecule has 0 heterocycles. The van der Waals surface area contributed by atoms with Gasteiger partial charge in [-0.25, -0.2) is 0 Å². The number of nitrogens with zero attached hydrogens (tertiary/aromatic N) is 1. The van der Waals surface area contributed by atoms with Crippen LogP contribution in [-0.4, -0.2) is 49.9 Å². The Labute approximate surface area is 137 Å². The van der Waals surface area contributed by atoms with Gasteiger partial charge in [0.25, 0.3) is 0 Å². The lowest BCUT2D eigenvalue weighted by atomic mass is 10.1. The molecule has 0 unspecified atom stereocenters. The van der Waals surface area contributed by atoms with E-state index in [4.69, 9.17) is 11.6 Å². The van der Waals surface area contributed by atoms with Gasteiger partial charge in [-0.05, 0) is 37.6 Å². The van der Waals surface area contributed by atoms with Gasteiger partial charge in [-0.1, -0.05) is 30.7 Å². The van der Waals surface area contributed by atoms with E-state index in [0.29, 0.717) is 18.1 Å². The van der Waals surface area contributed by atoms with Gasteiger partial charge in [-0.3, -0.25) is 14.5 Å². The van der Waals surface area contributed by atoms with E-state index in [1.54, 1.807) is 11.9 Å². The van der Waals surface area contributed by atoms with Crippen LogP contribution in [0.2, 0.25) is 5.02 Å². The molecule has 5 nitrogen and oxygen atoms in total. The van der Waals surface area contributed by atoms with Gasteiger partial charge in [-0.15, -0.1) is 0 Å². The molecule has 0 aliphatic heterocycles. The Hall–Kier alpha value is -1.59. The highest BCUT2D eigenvalue weighted by atomic mass is 35.5. The Kier molecular flexibility index (Phi) is 8.55. The first-order chi connectivity index (χ1) is 10.5. The predicted molar refractivity (Wildman–Crippen MR) is 89.0 cm³/mol. The average Bonchev–Trinajstić information content (AvgIpc) is 2.45. The summed E-state index contributed by atoms with van der Waals surface area (Å²) < 4.78 is 0. The number of nitrogens with one attached hydrogen (secondary N) is 2. The van der Waals surface area contributed by atoms with Gasteiger partial charge in [-0.2, -0.15) is 0 Å². The van der Waals surface area contributed by atoms with Crippen molar-refractivity contribution in [3.05, 3.63) is 34.9 Å². The molecule has 1 aromatic carbocycles. The number of benzene rings is 1. The van der Waals surface area contributed by atoms with Crippen molar-refractivity contribution in [3.8, 4) is 0 Å². The second-order valence-corrected chi connectivity index (χ2v) is 5.69. The number of carbonyl (C=O) groups excluding carboxylic acids is 2. The maximum atomic E-state index is 11.8. The summed E-state index contributed by atoms with van der Waals surface area (Å²) in [5, 5.41) is 6.32. The first-order valence-electron chi connectivity index (χ1n) is 7.47. The quantitative estimate of drug-likeness (QED) is 0.722. The molecule has 6 heteroatoms. The van der Waals surface area contributed by atoms with E-state index in [2.05, 4.69) is 10.6 Å². The summed E-state index contributed by atoms with van der Waals surface area (Å²) in [6.45, 7) is 3.64. The van der Waals surface area contributed by atoms with Crippen LogP contribution in [0, 0.1) is 0 Å². The molecular weight excluding hydrogens is 302 g/mol. The maximum absolute atomic E-state index is 11.8. The summed E-state index contributed by atoms with van der Waals surface area (Å²) in [5.74, 6) is -0.149. The fourth-order valence-electron chi connectivity index (χ4n) is 1.96. The van der Waals surface area contributed by atoms with Crippen LogP contribution >= 0.6 is 11.6 Å². The fourth-order valence-corrected chi connectivity index (χ4v) is 2.17. The van der Waals surface area contributed by atoms with Crippen LogP contribution in [0.5, 0.6) is 0 Å². The Morgan fingerprint density at radius 3 is 2.36 bits per heavy atom. The first kappa shape index (κ1) is 18.5. The van der Waals surface area contributed by atoms with Crippen molar-refractivity contribution >= 4 is 23.4 Å². The van der Waals surface area contributed by atoms with Gasteiger partial charge in [0, 0.05) is 18.1 Å². The highest BCUT2D eigenvalue weighted by Crippen LogP contribution is 2.10. The molecule has 2 amide bonds.